The predicted octanol–water partition coefficient (Wildman–Crippen LogP) is 2.87. The molecule has 0 spiro atoms. The van der Waals surface area contributed by atoms with E-state index in [1.165, 1.54) is 26.2 Å². The number of amides is 14. The number of imide groups is 1. The monoisotopic (exact) mass is 1510 g/mol. The second-order valence-corrected chi connectivity index (χ2v) is 29.6. The van der Waals surface area contributed by atoms with Gasteiger partial charge in [0.25, 0.3) is 0 Å². The van der Waals surface area contributed by atoms with Gasteiger partial charge in [0.2, 0.25) is 65.0 Å². The molecule has 0 aromatic heterocycles. The Labute approximate surface area is 626 Å². The fourth-order valence-electron chi connectivity index (χ4n) is 13.1. The van der Waals surface area contributed by atoms with Crippen molar-refractivity contribution in [2.45, 2.75) is 218 Å². The van der Waals surface area contributed by atoms with Gasteiger partial charge >= 0.3 is 12.1 Å². The predicted molar refractivity (Wildman–Crippen MR) is 396 cm³/mol. The minimum absolute atomic E-state index is 0.00176. The zero-order valence-electron chi connectivity index (χ0n) is 63.8. The number of rotatable bonds is 45. The third kappa shape index (κ3) is 27.1. The maximum absolute atomic E-state index is 14.9. The summed E-state index contributed by atoms with van der Waals surface area (Å²) in [6, 6.07) is 7.29. The molecule has 2 aliphatic rings. The Balaban J connectivity index is 1.34. The Morgan fingerprint density at radius 3 is 1.96 bits per heavy atom. The van der Waals surface area contributed by atoms with E-state index >= 15 is 0 Å². The minimum Gasteiger partial charge on any atom is -0.445 e. The van der Waals surface area contributed by atoms with E-state index in [1.807, 2.05) is 32.0 Å². The van der Waals surface area contributed by atoms with Gasteiger partial charge in [-0.15, -0.1) is 11.8 Å². The number of ether oxygens (including phenoxy) is 3. The van der Waals surface area contributed by atoms with E-state index in [2.05, 4.69) is 42.1 Å². The van der Waals surface area contributed by atoms with E-state index < -0.39 is 167 Å². The normalized spacial score (nSPS) is 17.8. The summed E-state index contributed by atoms with van der Waals surface area (Å²) in [6.07, 6.45) is -0.204. The van der Waals surface area contributed by atoms with E-state index in [1.54, 1.807) is 104 Å². The second-order valence-electron chi connectivity index (χ2n) is 28.4. The van der Waals surface area contributed by atoms with Crippen LogP contribution in [0.15, 0.2) is 54.6 Å². The number of hydrogen-bond donors (Lipinski definition) is 11. The number of benzene rings is 2. The van der Waals surface area contributed by atoms with Crippen molar-refractivity contribution in [3.05, 3.63) is 65.7 Å². The highest BCUT2D eigenvalue weighted by atomic mass is 32.2. The Bertz CT molecular complexity index is 3260. The van der Waals surface area contributed by atoms with E-state index in [0.29, 0.717) is 61.9 Å². The van der Waals surface area contributed by atoms with Gasteiger partial charge in [-0.1, -0.05) is 118 Å². The fraction of sp³-hybridized carbons (Fsp3) is 0.658. The summed E-state index contributed by atoms with van der Waals surface area (Å²) in [5, 5.41) is 29.2. The van der Waals surface area contributed by atoms with Crippen LogP contribution >= 0.6 is 11.8 Å². The number of urea groups is 1. The Morgan fingerprint density at radius 2 is 1.38 bits per heavy atom. The topological polar surface area (TPSA) is 454 Å². The van der Waals surface area contributed by atoms with Gasteiger partial charge in [-0.05, 0) is 92.4 Å². The highest BCUT2D eigenvalue weighted by Crippen LogP contribution is 2.31. The summed E-state index contributed by atoms with van der Waals surface area (Å²) in [7, 11) is 6.04. The summed E-state index contributed by atoms with van der Waals surface area (Å²) in [4.78, 5) is 183. The third-order valence-electron chi connectivity index (χ3n) is 19.4. The first-order valence-electron chi connectivity index (χ1n) is 36.4. The van der Waals surface area contributed by atoms with Crippen molar-refractivity contribution in [3.63, 3.8) is 0 Å². The van der Waals surface area contributed by atoms with Crippen LogP contribution in [0.5, 0.6) is 0 Å². The van der Waals surface area contributed by atoms with Crippen LogP contribution in [0.4, 0.5) is 15.3 Å². The molecule has 14 amide bonds. The van der Waals surface area contributed by atoms with Gasteiger partial charge in [-0.2, -0.15) is 0 Å². The lowest BCUT2D eigenvalue weighted by molar-refractivity contribution is -0.148. The molecule has 2 saturated heterocycles. The van der Waals surface area contributed by atoms with E-state index in [9.17, 15) is 67.4 Å². The van der Waals surface area contributed by atoms with Crippen LogP contribution in [-0.4, -0.2) is 228 Å². The Hall–Kier alpha value is -8.50. The number of nitrogens with one attached hydrogen (secondary N) is 7. The molecule has 0 bridgehead atoms. The largest absolute Gasteiger partial charge is 0.445 e. The number of anilines is 1. The number of aliphatic hydroxyl groups excluding tert-OH is 1. The number of methoxy groups -OCH3 is 2. The third-order valence-corrected chi connectivity index (χ3v) is 20.7. The summed E-state index contributed by atoms with van der Waals surface area (Å²) in [6.45, 7) is 17.7. The van der Waals surface area contributed by atoms with Crippen molar-refractivity contribution < 1.29 is 86.5 Å². The molecule has 32 nitrogen and oxygen atoms in total. The van der Waals surface area contributed by atoms with Crippen LogP contribution in [-0.2, 0) is 78.4 Å². The molecule has 14 N–H and O–H groups in total. The van der Waals surface area contributed by atoms with Crippen LogP contribution in [0.2, 0.25) is 0 Å². The smallest absolute Gasteiger partial charge is 0.410 e. The van der Waals surface area contributed by atoms with Gasteiger partial charge in [0, 0.05) is 72.2 Å². The van der Waals surface area contributed by atoms with Crippen molar-refractivity contribution in [3.8, 4) is 0 Å². The van der Waals surface area contributed by atoms with Crippen LogP contribution in [0.25, 0.3) is 0 Å². The lowest BCUT2D eigenvalue weighted by atomic mass is 9.89. The molecule has 2 aromatic rings. The number of likely N-dealkylation sites (tertiary alicyclic amines) is 2. The number of primary amides is 2. The molecule has 592 valence electrons. The van der Waals surface area contributed by atoms with Gasteiger partial charge in [0.05, 0.1) is 54.0 Å². The van der Waals surface area contributed by atoms with Crippen LogP contribution in [0.1, 0.15) is 157 Å². The number of thioether (sulfide) groups is 1. The molecule has 0 saturated carbocycles. The Morgan fingerprint density at radius 1 is 0.717 bits per heavy atom. The van der Waals surface area contributed by atoms with Crippen LogP contribution in [0, 0.1) is 29.6 Å². The average molecular weight is 1510 g/mol. The first-order valence-corrected chi connectivity index (χ1v) is 37.4. The minimum atomic E-state index is -1.16. The summed E-state index contributed by atoms with van der Waals surface area (Å²) >= 11 is 1.01. The number of likely N-dealkylation sites (N-methyl/N-ethyl adjacent to an activating group) is 2. The molecule has 33 heteroatoms. The summed E-state index contributed by atoms with van der Waals surface area (Å²) < 4.78 is 17.8. The maximum Gasteiger partial charge on any atom is 0.410 e. The van der Waals surface area contributed by atoms with E-state index in [0.717, 1.165) is 21.6 Å². The van der Waals surface area contributed by atoms with Gasteiger partial charge < -0.3 is 77.8 Å². The molecule has 14 atom stereocenters. The van der Waals surface area contributed by atoms with Crippen molar-refractivity contribution in [2.75, 3.05) is 65.6 Å². The highest BCUT2D eigenvalue weighted by Gasteiger charge is 2.45. The number of nitrogens with two attached hydrogens (primary N) is 3. The lowest BCUT2D eigenvalue weighted by Crippen LogP contribution is -2.60. The fourth-order valence-corrected chi connectivity index (χ4v) is 14.4. The molecule has 106 heavy (non-hydrogen) atoms. The van der Waals surface area contributed by atoms with Crippen molar-refractivity contribution >= 4 is 94.6 Å². The number of aliphatic hydroxyl groups is 1. The van der Waals surface area contributed by atoms with Crippen molar-refractivity contribution in [1.29, 1.82) is 0 Å². The first kappa shape index (κ1) is 89.9. The van der Waals surface area contributed by atoms with E-state index in [4.69, 9.17) is 31.6 Å². The highest BCUT2D eigenvalue weighted by molar-refractivity contribution is 8.00. The second kappa shape index (κ2) is 44.6. The number of hydrogen-bond acceptors (Lipinski definition) is 20. The van der Waals surface area contributed by atoms with Crippen molar-refractivity contribution in [1.82, 2.24) is 51.5 Å². The number of carbonyl (C=O) groups is 13. The van der Waals surface area contributed by atoms with Crippen molar-refractivity contribution in [2.24, 2.45) is 47.0 Å². The van der Waals surface area contributed by atoms with E-state index in [-0.39, 0.29) is 75.3 Å². The zero-order chi connectivity index (χ0) is 79.2. The number of nitrogens with zero attached hydrogens (tertiary/aromatic N) is 4. The first-order chi connectivity index (χ1) is 50.1. The molecule has 4 rings (SSSR count). The summed E-state index contributed by atoms with van der Waals surface area (Å²) in [5.74, 6) is -3.14. The van der Waals surface area contributed by atoms with Gasteiger partial charge in [0.15, 0.2) is 0 Å². The molecule has 0 radical (unpaired) electrons. The van der Waals surface area contributed by atoms with Crippen LogP contribution in [0.3, 0.4) is 0 Å². The van der Waals surface area contributed by atoms with Gasteiger partial charge in [-0.25, -0.2) is 15.5 Å². The number of unbranched alkanes of at least 4 members (excludes halogenated alkanes) is 2. The van der Waals surface area contributed by atoms with Gasteiger partial charge in [0.1, 0.15) is 43.4 Å². The lowest BCUT2D eigenvalue weighted by Gasteiger charge is -2.41. The Kier molecular flexibility index (Phi) is 37.8. The molecule has 2 aliphatic heterocycles. The molecule has 2 unspecified atom stereocenters. The molecule has 2 heterocycles. The number of carbonyl (C=O) groups excluding carboxylic acids is 13. The zero-order valence-corrected chi connectivity index (χ0v) is 64.7. The van der Waals surface area contributed by atoms with Crippen LogP contribution < -0.4 is 54.6 Å². The quantitative estimate of drug-likeness (QED) is 0.0258. The molecular formula is C73H116N14O18S. The molecule has 0 aliphatic carbocycles. The van der Waals surface area contributed by atoms with Gasteiger partial charge in [-0.3, -0.25) is 67.4 Å². The molecule has 2 aromatic carbocycles. The molecular weight excluding hydrogens is 1390 g/mol. The standard InChI is InChI=1S/C73H116N14O18S/c1-15-44(8)62(53(102-13)36-57(90)86-35-23-27-52(86)64(103-14)45(9)66(94)78-46(10)63(92)48-24-18-16-19-25-48)84(11)71(99)60(42(4)5)83-69(97)61(43(6)7)85(12)73(101)104-38-47-29-31-49(32-30-47)79-67(95)50(26-22-33-77-72(75)100)81-68(96)59(41(2)3)82-55(88)28-20-17-21-34-87-58(91)37-54(70(87)98)106-40-51(65(74)93)80-56(89)39-105-76/h16,18-19,24-25,29-32,41-46,50-54,59-64,92H,15,17,20-23,26-28,33-40,76H2,1-14H3,(H2,74,93)(H,78,94)(H,79,95)(H,80,89)(H,81,96)(H,82,88)(H,83,97)(H3,75,77,100)/t44-,45+,46+,50-,51?,52-,53+,54?,59-,60-,61-,62-,63+,64+/m0/s1. The SMILES string of the molecule is CC[C@H](C)[C@@H]([C@@H](CC(=O)N1CCC[C@H]1[C@H](OC)[C@@H](C)C(=O)N[C@H](C)[C@@H](O)c1ccccc1)OC)N(C)C(=O)[C@@H](NC(=O)[C@H](C(C)C)N(C)C(=O)OCc1ccc(NC(=O)[C@H](CCCNC(N)=O)NC(=O)[C@@H](NC(=O)CCCCCN2C(=O)CC(SCC(NC(=O)CON)C(N)=O)C2=O)C(C)C)cc1)C(C)C. The average Bonchev–Trinajstić information content (AvgIpc) is 1.41. The molecule has 2 fully saturated rings. The maximum atomic E-state index is 14.9. The summed E-state index contributed by atoms with van der Waals surface area (Å²) in [5.41, 5.74) is 12.1.